The summed E-state index contributed by atoms with van der Waals surface area (Å²) in [6.07, 6.45) is 0.603. The third-order valence-electron chi connectivity index (χ3n) is 4.83. The third-order valence-corrected chi connectivity index (χ3v) is 7.87. The molecule has 8 heteroatoms. The molecule has 0 unspecified atom stereocenters. The van der Waals surface area contributed by atoms with Gasteiger partial charge in [-0.25, -0.2) is 12.8 Å². The number of fused-ring (bicyclic) bond motifs is 1. The Kier molecular flexibility index (Phi) is 6.36. The van der Waals surface area contributed by atoms with Gasteiger partial charge in [-0.15, -0.1) is 11.3 Å². The molecule has 1 heterocycles. The lowest BCUT2D eigenvalue weighted by molar-refractivity contribution is 0.0950. The van der Waals surface area contributed by atoms with Crippen LogP contribution in [-0.2, 0) is 16.4 Å². The number of rotatable bonds is 7. The molecule has 0 saturated carbocycles. The molecule has 1 N–H and O–H groups in total. The van der Waals surface area contributed by atoms with Crippen LogP contribution in [-0.4, -0.2) is 38.3 Å². The fourth-order valence-electron chi connectivity index (χ4n) is 2.91. The SMILES string of the molecule is CC(C)N(C)S(=O)(=O)c1ccc(F)c(C(=O)NCCc2csc3ccccc23)c1. The molecule has 1 amide bonds. The minimum Gasteiger partial charge on any atom is -0.352 e. The van der Waals surface area contributed by atoms with E-state index in [2.05, 4.69) is 5.32 Å². The van der Waals surface area contributed by atoms with Crippen LogP contribution < -0.4 is 5.32 Å². The van der Waals surface area contributed by atoms with E-state index in [-0.39, 0.29) is 16.5 Å². The highest BCUT2D eigenvalue weighted by molar-refractivity contribution is 7.89. The highest BCUT2D eigenvalue weighted by Gasteiger charge is 2.25. The average Bonchev–Trinajstić information content (AvgIpc) is 3.10. The van der Waals surface area contributed by atoms with E-state index < -0.39 is 21.7 Å². The first-order valence-electron chi connectivity index (χ1n) is 9.22. The Balaban J connectivity index is 1.74. The van der Waals surface area contributed by atoms with Crippen molar-refractivity contribution < 1.29 is 17.6 Å². The second-order valence-corrected chi connectivity index (χ2v) is 9.93. The Labute approximate surface area is 174 Å². The molecule has 0 bridgehead atoms. The smallest absolute Gasteiger partial charge is 0.254 e. The number of carbonyl (C=O) groups excluding carboxylic acids is 1. The Bertz CT molecular complexity index is 1140. The van der Waals surface area contributed by atoms with Gasteiger partial charge in [0.2, 0.25) is 10.0 Å². The van der Waals surface area contributed by atoms with Gasteiger partial charge in [-0.3, -0.25) is 4.79 Å². The van der Waals surface area contributed by atoms with Crippen LogP contribution in [0.5, 0.6) is 0 Å². The number of hydrogen-bond acceptors (Lipinski definition) is 4. The van der Waals surface area contributed by atoms with Crippen LogP contribution in [0.4, 0.5) is 4.39 Å². The number of halogens is 1. The summed E-state index contributed by atoms with van der Waals surface area (Å²) in [7, 11) is -2.35. The minimum absolute atomic E-state index is 0.107. The van der Waals surface area contributed by atoms with Gasteiger partial charge in [0.15, 0.2) is 0 Å². The molecule has 0 aliphatic rings. The minimum atomic E-state index is -3.80. The zero-order valence-corrected chi connectivity index (χ0v) is 18.1. The number of sulfonamides is 1. The summed E-state index contributed by atoms with van der Waals surface area (Å²) in [5, 5.41) is 5.88. The van der Waals surface area contributed by atoms with Crippen LogP contribution in [0.1, 0.15) is 29.8 Å². The van der Waals surface area contributed by atoms with Gasteiger partial charge in [0, 0.05) is 24.3 Å². The quantitative estimate of drug-likeness (QED) is 0.610. The molecule has 0 fully saturated rings. The van der Waals surface area contributed by atoms with Gasteiger partial charge in [0.05, 0.1) is 10.5 Å². The molecule has 0 radical (unpaired) electrons. The third kappa shape index (κ3) is 4.49. The van der Waals surface area contributed by atoms with Crippen molar-refractivity contribution >= 4 is 37.4 Å². The lowest BCUT2D eigenvalue weighted by Crippen LogP contribution is -2.33. The van der Waals surface area contributed by atoms with Crippen molar-refractivity contribution in [2.24, 2.45) is 0 Å². The molecular formula is C21H23FN2O3S2. The number of amides is 1. The molecule has 0 atom stereocenters. The summed E-state index contributed by atoms with van der Waals surface area (Å²) >= 11 is 1.64. The van der Waals surface area contributed by atoms with Gasteiger partial charge in [-0.1, -0.05) is 18.2 Å². The van der Waals surface area contributed by atoms with Crippen molar-refractivity contribution in [3.8, 4) is 0 Å². The zero-order chi connectivity index (χ0) is 21.2. The molecule has 3 aromatic rings. The normalized spacial score (nSPS) is 12.1. The maximum atomic E-state index is 14.2. The maximum Gasteiger partial charge on any atom is 0.254 e. The first kappa shape index (κ1) is 21.4. The molecule has 2 aromatic carbocycles. The van der Waals surface area contributed by atoms with Gasteiger partial charge in [0.25, 0.3) is 5.91 Å². The van der Waals surface area contributed by atoms with E-state index in [0.717, 1.165) is 23.1 Å². The van der Waals surface area contributed by atoms with E-state index in [1.54, 1.807) is 25.2 Å². The lowest BCUT2D eigenvalue weighted by atomic mass is 10.1. The lowest BCUT2D eigenvalue weighted by Gasteiger charge is -2.21. The van der Waals surface area contributed by atoms with E-state index in [1.807, 2.05) is 29.6 Å². The van der Waals surface area contributed by atoms with Crippen molar-refractivity contribution in [2.75, 3.05) is 13.6 Å². The molecule has 3 rings (SSSR count). The Morgan fingerprint density at radius 2 is 1.93 bits per heavy atom. The number of nitrogens with one attached hydrogen (secondary N) is 1. The molecule has 0 aliphatic heterocycles. The highest BCUT2D eigenvalue weighted by atomic mass is 32.2. The molecule has 29 heavy (non-hydrogen) atoms. The fourth-order valence-corrected chi connectivity index (χ4v) is 5.31. The van der Waals surface area contributed by atoms with E-state index >= 15 is 0 Å². The van der Waals surface area contributed by atoms with Crippen LogP contribution in [0, 0.1) is 5.82 Å². The Morgan fingerprint density at radius 3 is 2.66 bits per heavy atom. The van der Waals surface area contributed by atoms with Crippen molar-refractivity contribution in [3.05, 3.63) is 64.8 Å². The summed E-state index contributed by atoms with van der Waals surface area (Å²) < 4.78 is 41.8. The molecule has 1 aromatic heterocycles. The Hall–Kier alpha value is -2.29. The summed E-state index contributed by atoms with van der Waals surface area (Å²) in [6.45, 7) is 3.80. The largest absolute Gasteiger partial charge is 0.352 e. The van der Waals surface area contributed by atoms with Crippen LogP contribution >= 0.6 is 11.3 Å². The van der Waals surface area contributed by atoms with E-state index in [0.29, 0.717) is 13.0 Å². The zero-order valence-electron chi connectivity index (χ0n) is 16.5. The molecular weight excluding hydrogens is 411 g/mol. The predicted octanol–water partition coefficient (Wildman–Crippen LogP) is 4.04. The van der Waals surface area contributed by atoms with Gasteiger partial charge in [0.1, 0.15) is 5.82 Å². The van der Waals surface area contributed by atoms with Crippen LogP contribution in [0.3, 0.4) is 0 Å². The summed E-state index contributed by atoms with van der Waals surface area (Å²) in [5.41, 5.74) is 0.833. The number of carbonyl (C=O) groups is 1. The summed E-state index contributed by atoms with van der Waals surface area (Å²) in [5.74, 6) is -1.39. The first-order chi connectivity index (χ1) is 13.7. The molecule has 0 saturated heterocycles. The number of benzene rings is 2. The fraction of sp³-hybridized carbons (Fsp3) is 0.286. The van der Waals surface area contributed by atoms with Gasteiger partial charge >= 0.3 is 0 Å². The van der Waals surface area contributed by atoms with Crippen molar-refractivity contribution in [3.63, 3.8) is 0 Å². The predicted molar refractivity (Wildman–Crippen MR) is 114 cm³/mol. The van der Waals surface area contributed by atoms with Gasteiger partial charge < -0.3 is 5.32 Å². The van der Waals surface area contributed by atoms with Crippen LogP contribution in [0.15, 0.2) is 52.7 Å². The summed E-state index contributed by atoms with van der Waals surface area (Å²) in [6, 6.07) is 11.0. The molecule has 0 aliphatic carbocycles. The van der Waals surface area contributed by atoms with E-state index in [9.17, 15) is 17.6 Å². The van der Waals surface area contributed by atoms with Crippen molar-refractivity contribution in [2.45, 2.75) is 31.2 Å². The number of hydrogen-bond donors (Lipinski definition) is 1. The van der Waals surface area contributed by atoms with Crippen LogP contribution in [0.25, 0.3) is 10.1 Å². The second-order valence-electron chi connectivity index (χ2n) is 7.02. The number of nitrogens with zero attached hydrogens (tertiary/aromatic N) is 1. The molecule has 5 nitrogen and oxygen atoms in total. The Morgan fingerprint density at radius 1 is 1.21 bits per heavy atom. The maximum absolute atomic E-state index is 14.2. The molecule has 0 spiro atoms. The highest BCUT2D eigenvalue weighted by Crippen LogP contribution is 2.26. The van der Waals surface area contributed by atoms with Crippen molar-refractivity contribution in [1.29, 1.82) is 0 Å². The average molecular weight is 435 g/mol. The van der Waals surface area contributed by atoms with E-state index in [4.69, 9.17) is 0 Å². The second kappa shape index (κ2) is 8.61. The van der Waals surface area contributed by atoms with Crippen molar-refractivity contribution in [1.82, 2.24) is 9.62 Å². The first-order valence-corrected chi connectivity index (χ1v) is 11.5. The monoisotopic (exact) mass is 434 g/mol. The van der Waals surface area contributed by atoms with E-state index in [1.165, 1.54) is 22.1 Å². The van der Waals surface area contributed by atoms with Gasteiger partial charge in [-0.2, -0.15) is 4.31 Å². The molecule has 154 valence electrons. The summed E-state index contributed by atoms with van der Waals surface area (Å²) in [4.78, 5) is 12.4. The standard InChI is InChI=1S/C21H23FN2O3S2/c1-14(2)24(3)29(26,27)16-8-9-19(22)18(12-16)21(25)23-11-10-15-13-28-20-7-5-4-6-17(15)20/h4-9,12-14H,10-11H2,1-3H3,(H,23,25). The number of thiophene rings is 1. The topological polar surface area (TPSA) is 66.5 Å². The van der Waals surface area contributed by atoms with Crippen LogP contribution in [0.2, 0.25) is 0 Å². The van der Waals surface area contributed by atoms with Gasteiger partial charge in [-0.05, 0) is 60.9 Å².